The Morgan fingerprint density at radius 2 is 2.00 bits per heavy atom. The van der Waals surface area contributed by atoms with Crippen molar-refractivity contribution in [3.8, 4) is 11.3 Å². The van der Waals surface area contributed by atoms with Crippen LogP contribution in [0.25, 0.3) is 27.9 Å². The summed E-state index contributed by atoms with van der Waals surface area (Å²) in [6.45, 7) is 2.09. The van der Waals surface area contributed by atoms with Crippen molar-refractivity contribution in [3.05, 3.63) is 30.0 Å². The van der Waals surface area contributed by atoms with Crippen molar-refractivity contribution >= 4 is 28.4 Å². The molecule has 0 spiro atoms. The maximum absolute atomic E-state index is 15.2. The predicted molar refractivity (Wildman–Crippen MR) is 124 cm³/mol. The highest BCUT2D eigenvalue weighted by molar-refractivity contribution is 5.89. The molecular formula is C22H25F4N9. The minimum Gasteiger partial charge on any atom is -0.371 e. The number of piperidine rings is 1. The number of rotatable bonds is 6. The Morgan fingerprint density at radius 1 is 1.20 bits per heavy atom. The zero-order valence-corrected chi connectivity index (χ0v) is 19.4. The topological polar surface area (TPSA) is 88.2 Å². The minimum atomic E-state index is -2.59. The van der Waals surface area contributed by atoms with E-state index in [1.165, 1.54) is 15.3 Å². The molecule has 13 heteroatoms. The summed E-state index contributed by atoms with van der Waals surface area (Å²) in [6.07, 6.45) is -1.92. The molecule has 5 heterocycles. The number of nitrogens with zero attached hydrogens (tertiary/aromatic N) is 7. The van der Waals surface area contributed by atoms with Crippen LogP contribution in [0.2, 0.25) is 0 Å². The van der Waals surface area contributed by atoms with E-state index in [0.29, 0.717) is 35.6 Å². The van der Waals surface area contributed by atoms with Crippen molar-refractivity contribution in [3.63, 3.8) is 0 Å². The van der Waals surface area contributed by atoms with Crippen molar-refractivity contribution in [2.24, 2.45) is 0 Å². The van der Waals surface area contributed by atoms with E-state index in [-0.39, 0.29) is 22.9 Å². The van der Waals surface area contributed by atoms with E-state index in [1.54, 1.807) is 26.1 Å². The summed E-state index contributed by atoms with van der Waals surface area (Å²) in [4.78, 5) is 15.1. The minimum absolute atomic E-state index is 0.118. The van der Waals surface area contributed by atoms with Gasteiger partial charge >= 0.3 is 0 Å². The molecule has 1 aliphatic heterocycles. The number of aromatic nitrogens is 6. The SMILES string of the molecule is CNc1nc(N[C@H]2CCN(C)C[C@H]2F)nn2cc(F)c(-c3ccc4nc(C)n(CC(F)F)c4n3)c12. The van der Waals surface area contributed by atoms with Crippen LogP contribution in [-0.4, -0.2) is 79.9 Å². The molecule has 4 aromatic heterocycles. The molecule has 0 aliphatic carbocycles. The molecule has 0 radical (unpaired) electrons. The number of fused-ring (bicyclic) bond motifs is 2. The monoisotopic (exact) mass is 491 g/mol. The van der Waals surface area contributed by atoms with Gasteiger partial charge in [0.1, 0.15) is 23.0 Å². The summed E-state index contributed by atoms with van der Waals surface area (Å²) in [5.74, 6) is 0.250. The third kappa shape index (κ3) is 4.24. The predicted octanol–water partition coefficient (Wildman–Crippen LogP) is 3.35. The number of halogens is 4. The fourth-order valence-electron chi connectivity index (χ4n) is 4.53. The largest absolute Gasteiger partial charge is 0.371 e. The Kier molecular flexibility index (Phi) is 5.95. The lowest BCUT2D eigenvalue weighted by molar-refractivity contribution is 0.127. The number of likely N-dealkylation sites (tertiary alicyclic amines) is 1. The number of hydrogen-bond donors (Lipinski definition) is 2. The smallest absolute Gasteiger partial charge is 0.256 e. The average Bonchev–Trinajstić information content (AvgIpc) is 3.30. The summed E-state index contributed by atoms with van der Waals surface area (Å²) in [5, 5.41) is 10.3. The van der Waals surface area contributed by atoms with Gasteiger partial charge in [-0.25, -0.2) is 32.0 Å². The number of hydrogen-bond acceptors (Lipinski definition) is 7. The van der Waals surface area contributed by atoms with Crippen molar-refractivity contribution in [1.82, 2.24) is 34.0 Å². The fourth-order valence-corrected chi connectivity index (χ4v) is 4.53. The summed E-state index contributed by atoms with van der Waals surface area (Å²) in [5.41, 5.74) is 1.34. The number of anilines is 2. The van der Waals surface area contributed by atoms with Crippen molar-refractivity contribution < 1.29 is 17.6 Å². The number of pyridine rings is 1. The Hall–Kier alpha value is -3.48. The molecule has 1 aliphatic rings. The van der Waals surface area contributed by atoms with E-state index in [0.717, 1.165) is 6.54 Å². The Balaban J connectivity index is 1.57. The zero-order valence-electron chi connectivity index (χ0n) is 19.4. The molecule has 0 unspecified atom stereocenters. The van der Waals surface area contributed by atoms with Crippen molar-refractivity contribution in [2.75, 3.05) is 37.8 Å². The molecule has 186 valence electrons. The molecule has 5 rings (SSSR count). The molecule has 0 saturated carbocycles. The normalized spacial score (nSPS) is 19.2. The van der Waals surface area contributed by atoms with Crippen LogP contribution in [-0.2, 0) is 6.54 Å². The van der Waals surface area contributed by atoms with Crippen LogP contribution in [0.5, 0.6) is 0 Å². The number of imidazole rings is 1. The third-order valence-electron chi connectivity index (χ3n) is 6.24. The van der Waals surface area contributed by atoms with Crippen LogP contribution in [0.3, 0.4) is 0 Å². The quantitative estimate of drug-likeness (QED) is 0.400. The van der Waals surface area contributed by atoms with Crippen LogP contribution in [0, 0.1) is 12.7 Å². The van der Waals surface area contributed by atoms with Gasteiger partial charge in [0, 0.05) is 20.1 Å². The molecule has 9 nitrogen and oxygen atoms in total. The summed E-state index contributed by atoms with van der Waals surface area (Å²) < 4.78 is 58.6. The van der Waals surface area contributed by atoms with E-state index in [9.17, 15) is 13.2 Å². The highest BCUT2D eigenvalue weighted by Gasteiger charge is 2.29. The molecule has 35 heavy (non-hydrogen) atoms. The first-order valence-corrected chi connectivity index (χ1v) is 11.2. The highest BCUT2D eigenvalue weighted by Crippen LogP contribution is 2.33. The fraction of sp³-hybridized carbons (Fsp3) is 0.455. The van der Waals surface area contributed by atoms with Crippen LogP contribution < -0.4 is 10.6 Å². The standard InChI is InChI=1S/C22H25F4N9/c1-11-28-16-5-4-15(29-21(16)34(11)10-17(25)26)18-13(24)9-35-19(18)20(27-2)31-22(32-35)30-14-6-7-33(3)8-12(14)23/h4-5,9,12,14,17H,6-8,10H2,1-3H3,(H2,27,30,31,32)/t12-,14+/m1/s1. The first kappa shape index (κ1) is 23.3. The first-order valence-electron chi connectivity index (χ1n) is 11.2. The van der Waals surface area contributed by atoms with Gasteiger partial charge in [-0.3, -0.25) is 0 Å². The lowest BCUT2D eigenvalue weighted by Gasteiger charge is -2.32. The van der Waals surface area contributed by atoms with E-state index < -0.39 is 31.0 Å². The second-order valence-corrected chi connectivity index (χ2v) is 8.70. The Morgan fingerprint density at radius 3 is 2.71 bits per heavy atom. The molecule has 1 fully saturated rings. The molecule has 0 aromatic carbocycles. The maximum atomic E-state index is 15.2. The van der Waals surface area contributed by atoms with Gasteiger partial charge < -0.3 is 20.1 Å². The van der Waals surface area contributed by atoms with Gasteiger partial charge in [-0.15, -0.1) is 5.10 Å². The average molecular weight is 491 g/mol. The van der Waals surface area contributed by atoms with Crippen LogP contribution in [0.4, 0.5) is 29.3 Å². The molecule has 2 atom stereocenters. The molecular weight excluding hydrogens is 466 g/mol. The molecule has 0 bridgehead atoms. The van der Waals surface area contributed by atoms with Gasteiger partial charge in [-0.2, -0.15) is 4.98 Å². The maximum Gasteiger partial charge on any atom is 0.256 e. The second-order valence-electron chi connectivity index (χ2n) is 8.70. The van der Waals surface area contributed by atoms with Crippen LogP contribution >= 0.6 is 0 Å². The second kappa shape index (κ2) is 8.95. The van der Waals surface area contributed by atoms with Crippen molar-refractivity contribution in [2.45, 2.75) is 38.5 Å². The summed E-state index contributed by atoms with van der Waals surface area (Å²) in [7, 11) is 3.49. The zero-order chi connectivity index (χ0) is 24.9. The molecule has 2 N–H and O–H groups in total. The lowest BCUT2D eigenvalue weighted by atomic mass is 10.0. The van der Waals surface area contributed by atoms with Gasteiger partial charge in [0.2, 0.25) is 5.95 Å². The Bertz CT molecular complexity index is 1380. The third-order valence-corrected chi connectivity index (χ3v) is 6.24. The van der Waals surface area contributed by atoms with Gasteiger partial charge in [0.05, 0.1) is 30.0 Å². The summed E-state index contributed by atoms with van der Waals surface area (Å²) >= 11 is 0. The van der Waals surface area contributed by atoms with Gasteiger partial charge in [-0.1, -0.05) is 0 Å². The molecule has 0 amide bonds. The number of aryl methyl sites for hydroxylation is 1. The first-order chi connectivity index (χ1) is 16.7. The van der Waals surface area contributed by atoms with E-state index in [1.807, 2.05) is 11.9 Å². The van der Waals surface area contributed by atoms with Crippen LogP contribution in [0.15, 0.2) is 18.3 Å². The molecule has 1 saturated heterocycles. The lowest BCUT2D eigenvalue weighted by Crippen LogP contribution is -2.46. The number of nitrogens with one attached hydrogen (secondary N) is 2. The Labute approximate surface area is 198 Å². The summed E-state index contributed by atoms with van der Waals surface area (Å²) in [6, 6.07) is 2.74. The van der Waals surface area contributed by atoms with Gasteiger partial charge in [-0.05, 0) is 32.5 Å². The van der Waals surface area contributed by atoms with Gasteiger partial charge in [0.25, 0.3) is 6.43 Å². The van der Waals surface area contributed by atoms with E-state index >= 15 is 4.39 Å². The molecule has 4 aromatic rings. The van der Waals surface area contributed by atoms with E-state index in [4.69, 9.17) is 0 Å². The van der Waals surface area contributed by atoms with E-state index in [2.05, 4.69) is 30.7 Å². The van der Waals surface area contributed by atoms with Crippen LogP contribution in [0.1, 0.15) is 12.2 Å². The highest BCUT2D eigenvalue weighted by atomic mass is 19.3. The van der Waals surface area contributed by atoms with Crippen molar-refractivity contribution in [1.29, 1.82) is 0 Å². The van der Waals surface area contributed by atoms with Gasteiger partial charge in [0.15, 0.2) is 17.3 Å². The number of alkyl halides is 3.